The van der Waals surface area contributed by atoms with Crippen LogP contribution >= 0.6 is 0 Å². The molecule has 0 aliphatic carbocycles. The third-order valence-corrected chi connectivity index (χ3v) is 3.38. The van der Waals surface area contributed by atoms with Gasteiger partial charge in [0.1, 0.15) is 0 Å². The van der Waals surface area contributed by atoms with Crippen molar-refractivity contribution < 1.29 is 4.74 Å². The number of rotatable bonds is 3. The number of aromatic nitrogens is 2. The standard InChI is InChI=1S/C12H20N4O/c1-9-7-10(17-2)3-6-16(9)12-11(8-13)14-4-5-15-12/h4-5,9-10H,3,6-8,13H2,1-2H3. The molecule has 2 N–H and O–H groups in total. The summed E-state index contributed by atoms with van der Waals surface area (Å²) in [5.74, 6) is 0.928. The highest BCUT2D eigenvalue weighted by Crippen LogP contribution is 2.25. The maximum Gasteiger partial charge on any atom is 0.151 e. The van der Waals surface area contributed by atoms with Crippen LogP contribution in [0.5, 0.6) is 0 Å². The largest absolute Gasteiger partial charge is 0.381 e. The van der Waals surface area contributed by atoms with Gasteiger partial charge in [0.25, 0.3) is 0 Å². The summed E-state index contributed by atoms with van der Waals surface area (Å²) in [7, 11) is 1.78. The van der Waals surface area contributed by atoms with E-state index >= 15 is 0 Å². The zero-order chi connectivity index (χ0) is 12.3. The van der Waals surface area contributed by atoms with Gasteiger partial charge in [-0.3, -0.25) is 4.98 Å². The summed E-state index contributed by atoms with van der Waals surface area (Å²) in [6.07, 6.45) is 5.83. The monoisotopic (exact) mass is 236 g/mol. The first-order valence-corrected chi connectivity index (χ1v) is 6.05. The van der Waals surface area contributed by atoms with Gasteiger partial charge in [0, 0.05) is 38.6 Å². The molecule has 0 aromatic carbocycles. The summed E-state index contributed by atoms with van der Waals surface area (Å²) in [5.41, 5.74) is 6.57. The number of methoxy groups -OCH3 is 1. The van der Waals surface area contributed by atoms with Crippen LogP contribution in [0.1, 0.15) is 25.5 Å². The van der Waals surface area contributed by atoms with Crippen LogP contribution in [0.2, 0.25) is 0 Å². The third kappa shape index (κ3) is 2.56. The van der Waals surface area contributed by atoms with Crippen molar-refractivity contribution in [3.05, 3.63) is 18.1 Å². The highest BCUT2D eigenvalue weighted by atomic mass is 16.5. The highest BCUT2D eigenvalue weighted by molar-refractivity contribution is 5.44. The second-order valence-electron chi connectivity index (χ2n) is 4.46. The number of hydrogen-bond donors (Lipinski definition) is 1. The fourth-order valence-electron chi connectivity index (χ4n) is 2.40. The molecule has 94 valence electrons. The quantitative estimate of drug-likeness (QED) is 0.846. The lowest BCUT2D eigenvalue weighted by Gasteiger charge is -2.38. The molecule has 1 fully saturated rings. The summed E-state index contributed by atoms with van der Waals surface area (Å²) in [6, 6.07) is 0.413. The molecule has 5 heteroatoms. The summed E-state index contributed by atoms with van der Waals surface area (Å²) in [5, 5.41) is 0. The Kier molecular flexibility index (Phi) is 3.91. The predicted octanol–water partition coefficient (Wildman–Crippen LogP) is 0.939. The first-order chi connectivity index (χ1) is 8.26. The molecular weight excluding hydrogens is 216 g/mol. The molecule has 5 nitrogen and oxygen atoms in total. The van der Waals surface area contributed by atoms with E-state index < -0.39 is 0 Å². The number of piperidine rings is 1. The Morgan fingerprint density at radius 1 is 1.47 bits per heavy atom. The van der Waals surface area contributed by atoms with Crippen molar-refractivity contribution in [2.24, 2.45) is 5.73 Å². The molecule has 2 atom stereocenters. The second-order valence-corrected chi connectivity index (χ2v) is 4.46. The highest BCUT2D eigenvalue weighted by Gasteiger charge is 2.27. The molecule has 2 heterocycles. The fraction of sp³-hybridized carbons (Fsp3) is 0.667. The number of nitrogens with two attached hydrogens (primary N) is 1. The lowest BCUT2D eigenvalue weighted by atomic mass is 10.0. The molecule has 0 saturated carbocycles. The van der Waals surface area contributed by atoms with Crippen LogP contribution in [-0.4, -0.2) is 35.8 Å². The van der Waals surface area contributed by atoms with E-state index in [0.29, 0.717) is 18.7 Å². The van der Waals surface area contributed by atoms with Crippen molar-refractivity contribution in [3.63, 3.8) is 0 Å². The van der Waals surface area contributed by atoms with Crippen molar-refractivity contribution in [1.82, 2.24) is 9.97 Å². The van der Waals surface area contributed by atoms with E-state index in [-0.39, 0.29) is 0 Å². The van der Waals surface area contributed by atoms with E-state index in [4.69, 9.17) is 10.5 Å². The first-order valence-electron chi connectivity index (χ1n) is 6.05. The summed E-state index contributed by atoms with van der Waals surface area (Å²) < 4.78 is 5.41. The van der Waals surface area contributed by atoms with E-state index in [1.807, 2.05) is 0 Å². The zero-order valence-corrected chi connectivity index (χ0v) is 10.5. The molecule has 1 saturated heterocycles. The van der Waals surface area contributed by atoms with Crippen molar-refractivity contribution in [1.29, 1.82) is 0 Å². The molecule has 0 bridgehead atoms. The Balaban J connectivity index is 2.17. The van der Waals surface area contributed by atoms with Crippen LogP contribution in [0.25, 0.3) is 0 Å². The average molecular weight is 236 g/mol. The lowest BCUT2D eigenvalue weighted by Crippen LogP contribution is -2.44. The molecule has 1 aliphatic heterocycles. The van der Waals surface area contributed by atoms with Gasteiger partial charge < -0.3 is 15.4 Å². The normalized spacial score (nSPS) is 25.0. The molecule has 2 rings (SSSR count). The number of hydrogen-bond acceptors (Lipinski definition) is 5. The molecule has 1 aromatic rings. The fourth-order valence-corrected chi connectivity index (χ4v) is 2.40. The van der Waals surface area contributed by atoms with Gasteiger partial charge >= 0.3 is 0 Å². The molecule has 2 unspecified atom stereocenters. The van der Waals surface area contributed by atoms with Crippen molar-refractivity contribution >= 4 is 5.82 Å². The smallest absolute Gasteiger partial charge is 0.151 e. The predicted molar refractivity (Wildman–Crippen MR) is 66.8 cm³/mol. The minimum Gasteiger partial charge on any atom is -0.381 e. The van der Waals surface area contributed by atoms with Gasteiger partial charge in [-0.15, -0.1) is 0 Å². The second kappa shape index (κ2) is 5.42. The van der Waals surface area contributed by atoms with Gasteiger partial charge in [0.15, 0.2) is 5.82 Å². The van der Waals surface area contributed by atoms with E-state index in [2.05, 4.69) is 21.8 Å². The van der Waals surface area contributed by atoms with Crippen molar-refractivity contribution in [3.8, 4) is 0 Å². The first kappa shape index (κ1) is 12.3. The summed E-state index contributed by atoms with van der Waals surface area (Å²) in [6.45, 7) is 3.58. The van der Waals surface area contributed by atoms with Gasteiger partial charge in [-0.25, -0.2) is 4.98 Å². The van der Waals surface area contributed by atoms with Crippen LogP contribution in [0.3, 0.4) is 0 Å². The lowest BCUT2D eigenvalue weighted by molar-refractivity contribution is 0.0719. The average Bonchev–Trinajstić information content (AvgIpc) is 2.38. The Bertz CT molecular complexity index is 371. The Morgan fingerprint density at radius 2 is 2.24 bits per heavy atom. The van der Waals surface area contributed by atoms with Gasteiger partial charge in [-0.1, -0.05) is 0 Å². The van der Waals surface area contributed by atoms with Crippen molar-refractivity contribution in [2.45, 2.75) is 38.5 Å². The van der Waals surface area contributed by atoms with Gasteiger partial charge in [0.05, 0.1) is 11.8 Å². The minimum atomic E-state index is 0.360. The van der Waals surface area contributed by atoms with Gasteiger partial charge in [-0.05, 0) is 19.8 Å². The van der Waals surface area contributed by atoms with E-state index in [0.717, 1.165) is 30.9 Å². The molecule has 0 amide bonds. The van der Waals surface area contributed by atoms with Gasteiger partial charge in [-0.2, -0.15) is 0 Å². The van der Waals surface area contributed by atoms with Crippen molar-refractivity contribution in [2.75, 3.05) is 18.6 Å². The molecule has 1 aliphatic rings. The Morgan fingerprint density at radius 3 is 2.88 bits per heavy atom. The minimum absolute atomic E-state index is 0.360. The van der Waals surface area contributed by atoms with E-state index in [1.165, 1.54) is 0 Å². The molecule has 0 radical (unpaired) electrons. The molecular formula is C12H20N4O. The Hall–Kier alpha value is -1.20. The van der Waals surface area contributed by atoms with Gasteiger partial charge in [0.2, 0.25) is 0 Å². The topological polar surface area (TPSA) is 64.3 Å². The number of nitrogens with zero attached hydrogens (tertiary/aromatic N) is 3. The van der Waals surface area contributed by atoms with Crippen LogP contribution in [-0.2, 0) is 11.3 Å². The maximum absolute atomic E-state index is 5.70. The van der Waals surface area contributed by atoms with E-state index in [1.54, 1.807) is 19.5 Å². The van der Waals surface area contributed by atoms with Crippen LogP contribution < -0.4 is 10.6 Å². The summed E-state index contributed by atoms with van der Waals surface area (Å²) in [4.78, 5) is 11.0. The SMILES string of the molecule is COC1CCN(c2nccnc2CN)C(C)C1. The molecule has 17 heavy (non-hydrogen) atoms. The van der Waals surface area contributed by atoms with E-state index in [9.17, 15) is 0 Å². The third-order valence-electron chi connectivity index (χ3n) is 3.38. The Labute approximate surface area is 102 Å². The summed E-state index contributed by atoms with van der Waals surface area (Å²) >= 11 is 0. The molecule has 0 spiro atoms. The number of anilines is 1. The van der Waals surface area contributed by atoms with Crippen LogP contribution in [0.4, 0.5) is 5.82 Å². The molecule has 1 aromatic heterocycles. The zero-order valence-electron chi connectivity index (χ0n) is 10.5. The van der Waals surface area contributed by atoms with Crippen LogP contribution in [0.15, 0.2) is 12.4 Å². The maximum atomic E-state index is 5.70. The number of ether oxygens (including phenoxy) is 1. The van der Waals surface area contributed by atoms with Crippen LogP contribution in [0, 0.1) is 0 Å².